The van der Waals surface area contributed by atoms with E-state index < -0.39 is 0 Å². The first-order valence-electron chi connectivity index (χ1n) is 16.5. The number of unbranched alkanes of at least 4 members (excludes halogenated alkanes) is 1. The Kier molecular flexibility index (Phi) is 8.90. The molecule has 3 saturated carbocycles. The van der Waals surface area contributed by atoms with Gasteiger partial charge in [-0.15, -0.1) is 0 Å². The molecule has 5 fully saturated rings. The zero-order chi connectivity index (χ0) is 27.0. The lowest BCUT2D eigenvalue weighted by atomic mass is 9.53. The van der Waals surface area contributed by atoms with Crippen LogP contribution in [0.5, 0.6) is 0 Å². The van der Waals surface area contributed by atoms with Crippen LogP contribution >= 0.6 is 0 Å². The molecule has 5 aliphatic rings. The molecule has 2 aliphatic heterocycles. The van der Waals surface area contributed by atoms with E-state index in [1.165, 1.54) is 83.5 Å². The topological polar surface area (TPSA) is 63.0 Å². The molecule has 2 saturated heterocycles. The lowest BCUT2D eigenvalue weighted by Crippen LogP contribution is -2.81. The van der Waals surface area contributed by atoms with Gasteiger partial charge in [-0.2, -0.15) is 10.1 Å². The maximum Gasteiger partial charge on any atom is 0.0793 e. The lowest BCUT2D eigenvalue weighted by molar-refractivity contribution is -0.395. The molecule has 2 spiro atoms. The van der Waals surface area contributed by atoms with Crippen molar-refractivity contribution >= 4 is 0 Å². The molecule has 5 rings (SSSR count). The van der Waals surface area contributed by atoms with Crippen molar-refractivity contribution in [3.63, 3.8) is 0 Å². The Balaban J connectivity index is 1.41. The summed E-state index contributed by atoms with van der Waals surface area (Å²) in [5.74, 6) is 0. The van der Waals surface area contributed by atoms with Gasteiger partial charge in [0.15, 0.2) is 0 Å². The number of piperidine rings is 2. The molecule has 2 heterocycles. The number of hydrogen-bond donors (Lipinski definition) is 2. The highest BCUT2D eigenvalue weighted by atomic mass is 16.7. The van der Waals surface area contributed by atoms with Gasteiger partial charge in [-0.3, -0.25) is 9.68 Å². The van der Waals surface area contributed by atoms with Crippen molar-refractivity contribution in [3.05, 3.63) is 0 Å². The zero-order valence-electron chi connectivity index (χ0n) is 25.5. The quantitative estimate of drug-likeness (QED) is 0.343. The van der Waals surface area contributed by atoms with E-state index in [0.717, 1.165) is 38.6 Å². The van der Waals surface area contributed by atoms with Crippen LogP contribution in [0.4, 0.5) is 0 Å². The van der Waals surface area contributed by atoms with Crippen LogP contribution in [0.3, 0.4) is 0 Å². The molecule has 38 heavy (non-hydrogen) atoms. The van der Waals surface area contributed by atoms with Crippen molar-refractivity contribution in [1.82, 2.24) is 15.4 Å². The normalized spacial score (nSPS) is 39.0. The molecule has 0 bridgehead atoms. The molecule has 0 aromatic carbocycles. The van der Waals surface area contributed by atoms with Gasteiger partial charge >= 0.3 is 0 Å². The first-order valence-corrected chi connectivity index (χ1v) is 16.5. The van der Waals surface area contributed by atoms with Gasteiger partial charge in [0, 0.05) is 23.2 Å². The van der Waals surface area contributed by atoms with Crippen molar-refractivity contribution in [2.75, 3.05) is 6.54 Å². The lowest BCUT2D eigenvalue weighted by Gasteiger charge is -2.71. The molecule has 0 amide bonds. The molecular weight excluding hydrogens is 472 g/mol. The molecular formula is C32H60N4O2. The summed E-state index contributed by atoms with van der Waals surface area (Å²) in [6, 6.07) is 0.773. The third kappa shape index (κ3) is 6.01. The Bertz CT molecular complexity index is 767. The van der Waals surface area contributed by atoms with Gasteiger partial charge in [-0.25, -0.2) is 0 Å². The molecule has 0 aromatic heterocycles. The fourth-order valence-corrected chi connectivity index (χ4v) is 9.48. The summed E-state index contributed by atoms with van der Waals surface area (Å²) < 4.78 is 0. The minimum absolute atomic E-state index is 0.00253. The molecule has 6 heteroatoms. The van der Waals surface area contributed by atoms with Gasteiger partial charge in [0.25, 0.3) is 0 Å². The van der Waals surface area contributed by atoms with E-state index in [1.807, 2.05) is 0 Å². The first-order chi connectivity index (χ1) is 18.1. The number of rotatable bonds is 8. The van der Waals surface area contributed by atoms with E-state index >= 15 is 0 Å². The Labute approximate surface area is 234 Å². The highest BCUT2D eigenvalue weighted by Gasteiger charge is 2.68. The molecule has 0 aromatic rings. The predicted molar refractivity (Wildman–Crippen MR) is 156 cm³/mol. The van der Waals surface area contributed by atoms with Gasteiger partial charge < -0.3 is 11.1 Å². The Morgan fingerprint density at radius 2 is 1.21 bits per heavy atom. The fourth-order valence-electron chi connectivity index (χ4n) is 9.48. The maximum absolute atomic E-state index is 7.09. The van der Waals surface area contributed by atoms with E-state index in [9.17, 15) is 0 Å². The van der Waals surface area contributed by atoms with Crippen molar-refractivity contribution < 1.29 is 9.68 Å². The number of hydrogen-bond acceptors (Lipinski definition) is 6. The van der Waals surface area contributed by atoms with Crippen LogP contribution in [-0.4, -0.2) is 63.1 Å². The molecule has 3 N–H and O–H groups in total. The molecule has 6 nitrogen and oxygen atoms in total. The molecule has 220 valence electrons. The van der Waals surface area contributed by atoms with Crippen LogP contribution in [0, 0.1) is 0 Å². The van der Waals surface area contributed by atoms with Crippen LogP contribution < -0.4 is 11.1 Å². The number of nitrogens with one attached hydrogen (secondary N) is 1. The highest BCUT2D eigenvalue weighted by Crippen LogP contribution is 2.61. The average molecular weight is 533 g/mol. The van der Waals surface area contributed by atoms with Gasteiger partial charge in [0.2, 0.25) is 0 Å². The smallest absolute Gasteiger partial charge is 0.0793 e. The van der Waals surface area contributed by atoms with Crippen molar-refractivity contribution in [1.29, 1.82) is 0 Å². The maximum atomic E-state index is 7.09. The monoisotopic (exact) mass is 532 g/mol. The third-order valence-electron chi connectivity index (χ3n) is 10.6. The minimum Gasteiger partial charge on any atom is -0.328 e. The molecule has 2 unspecified atom stereocenters. The van der Waals surface area contributed by atoms with Crippen molar-refractivity contribution in [3.8, 4) is 0 Å². The summed E-state index contributed by atoms with van der Waals surface area (Å²) in [5.41, 5.74) is 6.82. The number of nitrogens with zero attached hydrogens (tertiary/aromatic N) is 2. The van der Waals surface area contributed by atoms with Crippen LogP contribution in [-0.2, 0) is 9.68 Å². The standard InChI is InChI=1S/C32H60N4O2/c1-6-7-18-34-26-21-30(4,5)36(38-28-16-12-9-13-17-28)32(22-26)23-31(24-32)20-25(33)19-29(2,3)35(31)37-27-14-10-8-11-15-27/h25-28,34H,6-24,33H2,1-5H3. The van der Waals surface area contributed by atoms with Crippen molar-refractivity contribution in [2.45, 2.75) is 197 Å². The third-order valence-corrected chi connectivity index (χ3v) is 10.6. The highest BCUT2D eigenvalue weighted by molar-refractivity contribution is 5.22. The molecule has 3 aliphatic carbocycles. The number of hydroxylamine groups is 4. The van der Waals surface area contributed by atoms with Gasteiger partial charge in [-0.05, 0) is 105 Å². The van der Waals surface area contributed by atoms with Gasteiger partial charge in [-0.1, -0.05) is 51.9 Å². The van der Waals surface area contributed by atoms with E-state index in [1.54, 1.807) is 0 Å². The van der Waals surface area contributed by atoms with E-state index in [2.05, 4.69) is 50.1 Å². The van der Waals surface area contributed by atoms with E-state index in [0.29, 0.717) is 18.2 Å². The Hall–Kier alpha value is -0.240. The van der Waals surface area contributed by atoms with Gasteiger partial charge in [0.1, 0.15) is 0 Å². The molecule has 0 radical (unpaired) electrons. The first kappa shape index (κ1) is 29.3. The van der Waals surface area contributed by atoms with Crippen LogP contribution in [0.25, 0.3) is 0 Å². The summed E-state index contributed by atoms with van der Waals surface area (Å²) in [5, 5.41) is 9.02. The fraction of sp³-hybridized carbons (Fsp3) is 1.00. The summed E-state index contributed by atoms with van der Waals surface area (Å²) in [6.45, 7) is 13.0. The van der Waals surface area contributed by atoms with E-state index in [-0.39, 0.29) is 28.2 Å². The summed E-state index contributed by atoms with van der Waals surface area (Å²) in [6.07, 6.45) is 22.6. The summed E-state index contributed by atoms with van der Waals surface area (Å²) >= 11 is 0. The van der Waals surface area contributed by atoms with Crippen LogP contribution in [0.1, 0.15) is 150 Å². The average Bonchev–Trinajstić information content (AvgIpc) is 2.84. The molecule has 2 atom stereocenters. The largest absolute Gasteiger partial charge is 0.328 e. The van der Waals surface area contributed by atoms with E-state index in [4.69, 9.17) is 15.4 Å². The SMILES string of the molecule is CCCCNC1CC(C)(C)N(OC2CCCCC2)C2(C1)CC1(CC(N)CC(C)(C)N1OC1CCCCC1)C2. The zero-order valence-corrected chi connectivity index (χ0v) is 25.5. The van der Waals surface area contributed by atoms with Gasteiger partial charge in [0.05, 0.1) is 23.3 Å². The van der Waals surface area contributed by atoms with Crippen LogP contribution in [0.2, 0.25) is 0 Å². The number of nitrogens with two attached hydrogens (primary N) is 1. The predicted octanol–water partition coefficient (Wildman–Crippen LogP) is 6.62. The second-order valence-electron chi connectivity index (χ2n) is 15.3. The minimum atomic E-state index is -0.0469. The Morgan fingerprint density at radius 1 is 0.711 bits per heavy atom. The Morgan fingerprint density at radius 3 is 1.74 bits per heavy atom. The van der Waals surface area contributed by atoms with Crippen LogP contribution in [0.15, 0.2) is 0 Å². The second kappa shape index (κ2) is 11.6. The van der Waals surface area contributed by atoms with Crippen molar-refractivity contribution in [2.24, 2.45) is 5.73 Å². The summed E-state index contributed by atoms with van der Waals surface area (Å²) in [4.78, 5) is 14.1. The summed E-state index contributed by atoms with van der Waals surface area (Å²) in [7, 11) is 0. The second-order valence-corrected chi connectivity index (χ2v) is 15.3.